The van der Waals surface area contributed by atoms with Gasteiger partial charge in [-0.15, -0.1) is 11.8 Å². The average Bonchev–Trinajstić information content (AvgIpc) is 2.84. The summed E-state index contributed by atoms with van der Waals surface area (Å²) in [5.41, 5.74) is 4.76. The second kappa shape index (κ2) is 20.3. The quantitative estimate of drug-likeness (QED) is 0.153. The molecule has 0 N–H and O–H groups in total. The number of aryl methyl sites for hydroxylation is 1. The van der Waals surface area contributed by atoms with Gasteiger partial charge in [0.25, 0.3) is 0 Å². The Kier molecular flexibility index (Phi) is 18.7. The normalized spacial score (nSPS) is 11.7. The minimum Gasteiger partial charge on any atom is -0.372 e. The van der Waals surface area contributed by atoms with Crippen LogP contribution in [0.4, 0.5) is 5.69 Å². The zero-order valence-electron chi connectivity index (χ0n) is 22.8. The van der Waals surface area contributed by atoms with Gasteiger partial charge in [-0.1, -0.05) is 115 Å². The summed E-state index contributed by atoms with van der Waals surface area (Å²) in [6.07, 6.45) is 21.6. The van der Waals surface area contributed by atoms with E-state index in [1.54, 1.807) is 0 Å². The molecular weight excluding hydrogens is 454 g/mol. The lowest BCUT2D eigenvalue weighted by atomic mass is 10.0. The van der Waals surface area contributed by atoms with E-state index >= 15 is 0 Å². The Morgan fingerprint density at radius 3 is 1.79 bits per heavy atom. The lowest BCUT2D eigenvalue weighted by Crippen LogP contribution is -2.23. The van der Waals surface area contributed by atoms with Gasteiger partial charge in [0.1, 0.15) is 0 Å². The third-order valence-electron chi connectivity index (χ3n) is 6.77. The van der Waals surface area contributed by atoms with Gasteiger partial charge in [-0.25, -0.2) is 0 Å². The number of nitrogens with zero attached hydrogens (tertiary/aromatic N) is 1. The second-order valence-corrected chi connectivity index (χ2v) is 10.9. The number of hydrogen-bond acceptors (Lipinski definition) is 2. The molecule has 0 bridgehead atoms. The number of thioether (sulfide) groups is 1. The summed E-state index contributed by atoms with van der Waals surface area (Å²) in [4.78, 5) is 2.37. The van der Waals surface area contributed by atoms with Crippen molar-refractivity contribution in [3.8, 4) is 0 Å². The van der Waals surface area contributed by atoms with Crippen molar-refractivity contribution in [2.75, 3.05) is 23.7 Å². The summed E-state index contributed by atoms with van der Waals surface area (Å²) in [6, 6.07) is 4.45. The molecule has 0 spiro atoms. The topological polar surface area (TPSA) is 3.24 Å². The van der Waals surface area contributed by atoms with E-state index < -0.39 is 0 Å². The Morgan fingerprint density at radius 2 is 1.32 bits per heavy atom. The SMILES string of the molecule is C=Cc1cc(N(CC)CC)c(C(Cl)=CSCCCCCCCCCCCCCCCC)cc1C. The zero-order chi connectivity index (χ0) is 25.0. The maximum Gasteiger partial charge on any atom is 0.0562 e. The van der Waals surface area contributed by atoms with Crippen LogP contribution in [-0.2, 0) is 0 Å². The van der Waals surface area contributed by atoms with Crippen LogP contribution in [0.15, 0.2) is 24.1 Å². The van der Waals surface area contributed by atoms with Crippen molar-refractivity contribution in [1.82, 2.24) is 0 Å². The number of unbranched alkanes of at least 4 members (excludes halogenated alkanes) is 13. The van der Waals surface area contributed by atoms with Crippen molar-refractivity contribution in [2.45, 2.75) is 118 Å². The Hall–Kier alpha value is -0.860. The minimum atomic E-state index is 0.857. The third-order valence-corrected chi connectivity index (χ3v) is 8.14. The van der Waals surface area contributed by atoms with E-state index in [9.17, 15) is 0 Å². The van der Waals surface area contributed by atoms with E-state index in [0.29, 0.717) is 0 Å². The van der Waals surface area contributed by atoms with Crippen LogP contribution in [0, 0.1) is 6.92 Å². The highest BCUT2D eigenvalue weighted by molar-refractivity contribution is 8.02. The van der Waals surface area contributed by atoms with Crippen LogP contribution in [0.2, 0.25) is 0 Å². The molecule has 0 aliphatic carbocycles. The van der Waals surface area contributed by atoms with Gasteiger partial charge in [0, 0.05) is 24.3 Å². The molecule has 34 heavy (non-hydrogen) atoms. The molecular formula is C31H52ClNS. The first-order valence-electron chi connectivity index (χ1n) is 14.1. The van der Waals surface area contributed by atoms with Crippen LogP contribution in [0.1, 0.15) is 127 Å². The lowest BCUT2D eigenvalue weighted by Gasteiger charge is -2.25. The van der Waals surface area contributed by atoms with Gasteiger partial charge < -0.3 is 4.90 Å². The summed E-state index contributed by atoms with van der Waals surface area (Å²) >= 11 is 8.65. The molecule has 1 rings (SSSR count). The fraction of sp³-hybridized carbons (Fsp3) is 0.677. The fourth-order valence-electron chi connectivity index (χ4n) is 4.53. The highest BCUT2D eigenvalue weighted by atomic mass is 35.5. The van der Waals surface area contributed by atoms with Gasteiger partial charge in [0.05, 0.1) is 5.03 Å². The van der Waals surface area contributed by atoms with Crippen LogP contribution in [-0.4, -0.2) is 18.8 Å². The first kappa shape index (κ1) is 31.2. The van der Waals surface area contributed by atoms with Gasteiger partial charge in [-0.2, -0.15) is 0 Å². The third kappa shape index (κ3) is 12.7. The van der Waals surface area contributed by atoms with E-state index in [4.69, 9.17) is 11.6 Å². The van der Waals surface area contributed by atoms with Crippen molar-refractivity contribution in [3.63, 3.8) is 0 Å². The standard InChI is InChI=1S/C31H52ClNS/c1-6-10-11-12-13-14-15-16-17-18-19-20-21-22-23-34-26-30(32)29-24-27(5)28(7-2)25-31(29)33(8-3)9-4/h7,24-26H,2,6,8-23H2,1,3-5H3. The molecule has 0 amide bonds. The van der Waals surface area contributed by atoms with Gasteiger partial charge in [0.15, 0.2) is 0 Å². The van der Waals surface area contributed by atoms with Gasteiger partial charge in [-0.05, 0) is 61.6 Å². The van der Waals surface area contributed by atoms with Crippen molar-refractivity contribution in [1.29, 1.82) is 0 Å². The summed E-state index contributed by atoms with van der Waals surface area (Å²) in [7, 11) is 0. The number of halogens is 1. The fourth-order valence-corrected chi connectivity index (χ4v) is 5.63. The molecule has 0 radical (unpaired) electrons. The van der Waals surface area contributed by atoms with Crippen molar-refractivity contribution in [2.24, 2.45) is 0 Å². The molecule has 0 unspecified atom stereocenters. The Morgan fingerprint density at radius 1 is 0.824 bits per heavy atom. The highest BCUT2D eigenvalue weighted by Gasteiger charge is 2.13. The predicted molar refractivity (Wildman–Crippen MR) is 161 cm³/mol. The van der Waals surface area contributed by atoms with E-state index in [0.717, 1.165) is 29.4 Å². The molecule has 0 aromatic heterocycles. The predicted octanol–water partition coefficient (Wildman–Crippen LogP) is 11.2. The van der Waals surface area contributed by atoms with Crippen molar-refractivity contribution >= 4 is 40.2 Å². The first-order chi connectivity index (χ1) is 16.6. The minimum absolute atomic E-state index is 0.857. The van der Waals surface area contributed by atoms with Crippen LogP contribution in [0.5, 0.6) is 0 Å². The summed E-state index contributed by atoms with van der Waals surface area (Å²) < 4.78 is 0. The molecule has 1 aromatic carbocycles. The van der Waals surface area contributed by atoms with Gasteiger partial charge >= 0.3 is 0 Å². The van der Waals surface area contributed by atoms with E-state index in [1.807, 2.05) is 17.8 Å². The maximum atomic E-state index is 6.79. The number of benzene rings is 1. The zero-order valence-corrected chi connectivity index (χ0v) is 24.3. The number of rotatable bonds is 21. The largest absolute Gasteiger partial charge is 0.372 e. The van der Waals surface area contributed by atoms with Gasteiger partial charge in [0.2, 0.25) is 0 Å². The van der Waals surface area contributed by atoms with Crippen molar-refractivity contribution < 1.29 is 0 Å². The molecule has 1 aromatic rings. The Balaban J connectivity index is 2.25. The molecule has 1 nitrogen and oxygen atoms in total. The Bertz CT molecular complexity index is 693. The first-order valence-corrected chi connectivity index (χ1v) is 15.5. The lowest BCUT2D eigenvalue weighted by molar-refractivity contribution is 0.538. The second-order valence-electron chi connectivity index (χ2n) is 9.54. The summed E-state index contributed by atoms with van der Waals surface area (Å²) in [6.45, 7) is 14.7. The maximum absolute atomic E-state index is 6.79. The molecule has 3 heteroatoms. The smallest absolute Gasteiger partial charge is 0.0562 e. The molecule has 0 atom stereocenters. The van der Waals surface area contributed by atoms with Crippen LogP contribution in [0.25, 0.3) is 11.1 Å². The van der Waals surface area contributed by atoms with Crippen LogP contribution < -0.4 is 4.90 Å². The molecule has 0 fully saturated rings. The number of anilines is 1. The van der Waals surface area contributed by atoms with E-state index in [1.165, 1.54) is 107 Å². The molecule has 0 heterocycles. The number of hydrogen-bond donors (Lipinski definition) is 0. The van der Waals surface area contributed by atoms with E-state index in [2.05, 4.69) is 56.7 Å². The molecule has 194 valence electrons. The molecule has 0 saturated heterocycles. The monoisotopic (exact) mass is 505 g/mol. The van der Waals surface area contributed by atoms with Gasteiger partial charge in [-0.3, -0.25) is 0 Å². The molecule has 0 aliphatic heterocycles. The van der Waals surface area contributed by atoms with Crippen LogP contribution >= 0.6 is 23.4 Å². The van der Waals surface area contributed by atoms with Crippen molar-refractivity contribution in [3.05, 3.63) is 40.8 Å². The molecule has 0 saturated carbocycles. The average molecular weight is 506 g/mol. The molecule has 0 aliphatic rings. The summed E-state index contributed by atoms with van der Waals surface area (Å²) in [5, 5.41) is 3.01. The Labute approximate surface area is 221 Å². The summed E-state index contributed by atoms with van der Waals surface area (Å²) in [5.74, 6) is 1.15. The van der Waals surface area contributed by atoms with E-state index in [-0.39, 0.29) is 0 Å². The highest BCUT2D eigenvalue weighted by Crippen LogP contribution is 2.34. The van der Waals surface area contributed by atoms with Crippen LogP contribution in [0.3, 0.4) is 0 Å².